The molecule has 0 N–H and O–H groups in total. The van der Waals surface area contributed by atoms with Crippen LogP contribution in [-0.4, -0.2) is 7.11 Å². The Labute approximate surface area is 153 Å². The molecule has 2 aromatic rings. The highest BCUT2D eigenvalue weighted by Crippen LogP contribution is 2.43. The Balaban J connectivity index is 2.86. The topological polar surface area (TPSA) is 9.23 Å². The number of hydrogen-bond donors (Lipinski definition) is 0. The fourth-order valence-corrected chi connectivity index (χ4v) is 3.13. The molecule has 0 atom stereocenters. The van der Waals surface area contributed by atoms with Crippen molar-refractivity contribution in [2.75, 3.05) is 7.11 Å². The smallest absolute Gasteiger partial charge is 0.131 e. The van der Waals surface area contributed by atoms with Gasteiger partial charge in [0.25, 0.3) is 0 Å². The predicted octanol–water partition coefficient (Wildman–Crippen LogP) is 6.51. The third kappa shape index (κ3) is 3.72. The van der Waals surface area contributed by atoms with Crippen LogP contribution in [0.3, 0.4) is 0 Å². The van der Waals surface area contributed by atoms with Crippen molar-refractivity contribution < 1.29 is 4.74 Å². The largest absolute Gasteiger partial charge is 0.496 e. The van der Waals surface area contributed by atoms with E-state index in [2.05, 4.69) is 89.4 Å². The predicted molar refractivity (Wildman–Crippen MR) is 108 cm³/mol. The first-order valence-electron chi connectivity index (χ1n) is 8.78. The second-order valence-corrected chi connectivity index (χ2v) is 8.15. The Kier molecular flexibility index (Phi) is 5.30. The van der Waals surface area contributed by atoms with E-state index in [-0.39, 0.29) is 10.8 Å². The molecule has 0 bridgehead atoms. The quantitative estimate of drug-likeness (QED) is 0.579. The van der Waals surface area contributed by atoms with Gasteiger partial charge in [0.1, 0.15) is 5.75 Å². The zero-order chi connectivity index (χ0) is 18.8. The zero-order valence-corrected chi connectivity index (χ0v) is 16.7. The maximum Gasteiger partial charge on any atom is 0.131 e. The minimum absolute atomic E-state index is 0.0456. The van der Waals surface area contributed by atoms with Gasteiger partial charge in [-0.15, -0.1) is 5.73 Å². The zero-order valence-electron chi connectivity index (χ0n) is 16.7. The van der Waals surface area contributed by atoms with Crippen molar-refractivity contribution in [3.8, 4) is 5.75 Å². The van der Waals surface area contributed by atoms with Crippen molar-refractivity contribution in [1.29, 1.82) is 0 Å². The average molecular weight is 335 g/mol. The molecule has 0 aromatic heterocycles. The molecule has 25 heavy (non-hydrogen) atoms. The average Bonchev–Trinajstić information content (AvgIpc) is 2.59. The van der Waals surface area contributed by atoms with Gasteiger partial charge in [0, 0.05) is 22.1 Å². The summed E-state index contributed by atoms with van der Waals surface area (Å²) in [5.41, 5.74) is 8.74. The fraction of sp³-hybridized carbons (Fsp3) is 0.375. The second kappa shape index (κ2) is 6.94. The summed E-state index contributed by atoms with van der Waals surface area (Å²) in [7, 11) is 1.75. The molecule has 1 nitrogen and oxygen atoms in total. The summed E-state index contributed by atoms with van der Waals surface area (Å²) in [4.78, 5) is 0. The molecule has 0 fully saturated rings. The van der Waals surface area contributed by atoms with E-state index in [4.69, 9.17) is 4.74 Å². The number of rotatable bonds is 4. The monoisotopic (exact) mass is 334 g/mol. The van der Waals surface area contributed by atoms with E-state index < -0.39 is 0 Å². The standard InChI is InChI=1S/C24H30O/c1-9-17(2)20-15-19(23(3,4)5)16-21(22(20)25-8)24(6,7)18-13-11-10-12-14-18/h10-16H,1H2,2-8H3. The summed E-state index contributed by atoms with van der Waals surface area (Å²) < 4.78 is 5.89. The summed E-state index contributed by atoms with van der Waals surface area (Å²) in [5.74, 6) is 0.913. The van der Waals surface area contributed by atoms with Gasteiger partial charge in [0.15, 0.2) is 0 Å². The van der Waals surface area contributed by atoms with E-state index in [1.165, 1.54) is 16.7 Å². The van der Waals surface area contributed by atoms with Crippen molar-refractivity contribution in [2.24, 2.45) is 0 Å². The Morgan fingerprint density at radius 3 is 2.04 bits per heavy atom. The molecule has 132 valence electrons. The Hall–Kier alpha value is -2.24. The molecule has 0 unspecified atom stereocenters. The molecular formula is C24H30O. The van der Waals surface area contributed by atoms with E-state index in [9.17, 15) is 0 Å². The van der Waals surface area contributed by atoms with Crippen LogP contribution < -0.4 is 4.74 Å². The summed E-state index contributed by atoms with van der Waals surface area (Å²) >= 11 is 0. The minimum atomic E-state index is -0.177. The first-order chi connectivity index (χ1) is 11.6. The second-order valence-electron chi connectivity index (χ2n) is 8.15. The van der Waals surface area contributed by atoms with Crippen LogP contribution in [0, 0.1) is 0 Å². The van der Waals surface area contributed by atoms with Gasteiger partial charge in [0.05, 0.1) is 7.11 Å². The number of ether oxygens (including phenoxy) is 1. The molecule has 1 heteroatoms. The van der Waals surface area contributed by atoms with Crippen LogP contribution in [0.2, 0.25) is 0 Å². The maximum atomic E-state index is 5.89. The first kappa shape index (κ1) is 19.1. The van der Waals surface area contributed by atoms with E-state index in [0.29, 0.717) is 0 Å². The van der Waals surface area contributed by atoms with Gasteiger partial charge in [0.2, 0.25) is 0 Å². The lowest BCUT2D eigenvalue weighted by Gasteiger charge is -2.32. The highest BCUT2D eigenvalue weighted by Gasteiger charge is 2.30. The number of hydrogen-bond acceptors (Lipinski definition) is 1. The van der Waals surface area contributed by atoms with Gasteiger partial charge in [-0.3, -0.25) is 0 Å². The summed E-state index contributed by atoms with van der Waals surface area (Å²) in [6.07, 6.45) is 0. The molecule has 0 saturated carbocycles. The van der Waals surface area contributed by atoms with E-state index in [1.807, 2.05) is 6.92 Å². The molecular weight excluding hydrogens is 304 g/mol. The first-order valence-corrected chi connectivity index (χ1v) is 8.78. The minimum Gasteiger partial charge on any atom is -0.496 e. The summed E-state index contributed by atoms with van der Waals surface area (Å²) in [6, 6.07) is 15.1. The molecule has 2 aromatic carbocycles. The van der Waals surface area contributed by atoms with Crippen molar-refractivity contribution in [1.82, 2.24) is 0 Å². The van der Waals surface area contributed by atoms with Gasteiger partial charge in [-0.2, -0.15) is 0 Å². The number of allylic oxidation sites excluding steroid dienone is 1. The molecule has 0 amide bonds. The van der Waals surface area contributed by atoms with Gasteiger partial charge >= 0.3 is 0 Å². The molecule has 0 aliphatic rings. The maximum absolute atomic E-state index is 5.89. The molecule has 0 heterocycles. The lowest BCUT2D eigenvalue weighted by molar-refractivity contribution is 0.398. The van der Waals surface area contributed by atoms with E-state index >= 15 is 0 Å². The number of benzene rings is 2. The van der Waals surface area contributed by atoms with E-state index in [1.54, 1.807) is 7.11 Å². The normalized spacial score (nSPS) is 11.8. The molecule has 0 radical (unpaired) electrons. The van der Waals surface area contributed by atoms with Crippen molar-refractivity contribution in [3.63, 3.8) is 0 Å². The lowest BCUT2D eigenvalue weighted by Crippen LogP contribution is -2.22. The van der Waals surface area contributed by atoms with Crippen LogP contribution in [-0.2, 0) is 10.8 Å². The van der Waals surface area contributed by atoms with Gasteiger partial charge in [-0.05, 0) is 29.5 Å². The Morgan fingerprint density at radius 1 is 0.960 bits per heavy atom. The summed E-state index contributed by atoms with van der Waals surface area (Å²) in [5, 5.41) is 0. The SMILES string of the molecule is C=C=C(C)c1cc(C(C)(C)C)cc(C(C)(C)c2ccccc2)c1OC. The van der Waals surface area contributed by atoms with Crippen molar-refractivity contribution >= 4 is 5.57 Å². The van der Waals surface area contributed by atoms with Crippen LogP contribution >= 0.6 is 0 Å². The van der Waals surface area contributed by atoms with Crippen molar-refractivity contribution in [3.05, 3.63) is 77.0 Å². The molecule has 0 aliphatic heterocycles. The highest BCUT2D eigenvalue weighted by atomic mass is 16.5. The van der Waals surface area contributed by atoms with Gasteiger partial charge in [-0.1, -0.05) is 77.6 Å². The van der Waals surface area contributed by atoms with E-state index in [0.717, 1.165) is 16.9 Å². The van der Waals surface area contributed by atoms with Gasteiger partial charge in [-0.25, -0.2) is 0 Å². The van der Waals surface area contributed by atoms with Crippen molar-refractivity contribution in [2.45, 2.75) is 52.4 Å². The fourth-order valence-electron chi connectivity index (χ4n) is 3.13. The highest BCUT2D eigenvalue weighted by molar-refractivity contribution is 5.72. The van der Waals surface area contributed by atoms with Crippen LogP contribution in [0.25, 0.3) is 5.57 Å². The Bertz CT molecular complexity index is 798. The molecule has 0 spiro atoms. The number of methoxy groups -OCH3 is 1. The third-order valence-electron chi connectivity index (χ3n) is 5.00. The van der Waals surface area contributed by atoms with Crippen LogP contribution in [0.15, 0.2) is 54.8 Å². The third-order valence-corrected chi connectivity index (χ3v) is 5.00. The molecule has 0 saturated heterocycles. The summed E-state index contributed by atoms with van der Waals surface area (Å²) in [6.45, 7) is 17.1. The molecule has 2 rings (SSSR count). The lowest BCUT2D eigenvalue weighted by atomic mass is 9.74. The van der Waals surface area contributed by atoms with Crippen LogP contribution in [0.4, 0.5) is 0 Å². The van der Waals surface area contributed by atoms with Gasteiger partial charge < -0.3 is 4.74 Å². The molecule has 0 aliphatic carbocycles. The Morgan fingerprint density at radius 2 is 1.56 bits per heavy atom. The van der Waals surface area contributed by atoms with Crippen LogP contribution in [0.1, 0.15) is 63.8 Å². The van der Waals surface area contributed by atoms with Crippen LogP contribution in [0.5, 0.6) is 5.75 Å².